The number of hydrogen-bond donors (Lipinski definition) is 2. The van der Waals surface area contributed by atoms with E-state index < -0.39 is 22.0 Å². The minimum atomic E-state index is -3.94. The fourth-order valence-electron chi connectivity index (χ4n) is 2.59. The molecule has 3 heterocycles. The molecular formula is C12H12ClN3O4S. The molecule has 0 amide bonds. The van der Waals surface area contributed by atoms with Crippen molar-refractivity contribution in [2.45, 2.75) is 23.8 Å². The van der Waals surface area contributed by atoms with Gasteiger partial charge < -0.3 is 10.1 Å². The second kappa shape index (κ2) is 4.97. The van der Waals surface area contributed by atoms with Gasteiger partial charge >= 0.3 is 5.97 Å². The van der Waals surface area contributed by atoms with Crippen molar-refractivity contribution in [2.24, 2.45) is 0 Å². The lowest BCUT2D eigenvalue weighted by molar-refractivity contribution is -0.140. The van der Waals surface area contributed by atoms with Crippen molar-refractivity contribution in [2.75, 3.05) is 6.54 Å². The lowest BCUT2D eigenvalue weighted by Gasteiger charge is -2.20. The van der Waals surface area contributed by atoms with Crippen molar-refractivity contribution in [3.8, 4) is 0 Å². The van der Waals surface area contributed by atoms with E-state index in [2.05, 4.69) is 9.97 Å². The minimum Gasteiger partial charge on any atom is -0.480 e. The smallest absolute Gasteiger partial charge is 0.322 e. The number of H-pyrrole nitrogens is 1. The molecule has 0 bridgehead atoms. The van der Waals surface area contributed by atoms with Crippen LogP contribution in [0.4, 0.5) is 0 Å². The summed E-state index contributed by atoms with van der Waals surface area (Å²) in [4.78, 5) is 17.9. The average Bonchev–Trinajstić information content (AvgIpc) is 3.06. The van der Waals surface area contributed by atoms with Crippen LogP contribution in [-0.2, 0) is 14.8 Å². The first-order valence-corrected chi connectivity index (χ1v) is 8.11. The largest absolute Gasteiger partial charge is 0.480 e. The van der Waals surface area contributed by atoms with Crippen LogP contribution in [0.2, 0.25) is 5.02 Å². The fraction of sp³-hybridized carbons (Fsp3) is 0.333. The van der Waals surface area contributed by atoms with E-state index in [0.29, 0.717) is 18.5 Å². The Bertz CT molecular complexity index is 817. The minimum absolute atomic E-state index is 0.0382. The van der Waals surface area contributed by atoms with Gasteiger partial charge in [0.15, 0.2) is 0 Å². The second-order valence-corrected chi connectivity index (χ2v) is 7.05. The Labute approximate surface area is 125 Å². The van der Waals surface area contributed by atoms with Gasteiger partial charge in [-0.05, 0) is 18.9 Å². The van der Waals surface area contributed by atoms with E-state index in [1.165, 1.54) is 18.5 Å². The number of halogens is 1. The second-order valence-electron chi connectivity index (χ2n) is 4.78. The molecule has 0 spiro atoms. The summed E-state index contributed by atoms with van der Waals surface area (Å²) < 4.78 is 26.5. The number of nitrogens with zero attached hydrogens (tertiary/aromatic N) is 2. The van der Waals surface area contributed by atoms with Crippen molar-refractivity contribution in [1.82, 2.24) is 14.3 Å². The average molecular weight is 330 g/mol. The van der Waals surface area contributed by atoms with Crippen molar-refractivity contribution >= 4 is 38.6 Å². The predicted molar refractivity (Wildman–Crippen MR) is 75.7 cm³/mol. The Hall–Kier alpha value is -1.64. The molecule has 2 aromatic rings. The molecule has 0 aromatic carbocycles. The molecule has 1 aliphatic rings. The molecule has 0 aliphatic carbocycles. The highest BCUT2D eigenvalue weighted by atomic mass is 35.5. The van der Waals surface area contributed by atoms with Crippen LogP contribution in [0.5, 0.6) is 0 Å². The summed E-state index contributed by atoms with van der Waals surface area (Å²) in [5.74, 6) is -1.14. The van der Waals surface area contributed by atoms with Gasteiger partial charge in [0.05, 0.1) is 10.4 Å². The Morgan fingerprint density at radius 2 is 2.29 bits per heavy atom. The van der Waals surface area contributed by atoms with Crippen molar-refractivity contribution in [3.63, 3.8) is 0 Å². The number of carbonyl (C=O) groups is 1. The third-order valence-electron chi connectivity index (χ3n) is 3.56. The number of rotatable bonds is 3. The number of aromatic nitrogens is 2. The predicted octanol–water partition coefficient (Wildman–Crippen LogP) is 1.45. The maximum absolute atomic E-state index is 12.7. The maximum atomic E-state index is 12.7. The van der Waals surface area contributed by atoms with Crippen LogP contribution >= 0.6 is 11.6 Å². The Morgan fingerprint density at radius 1 is 1.52 bits per heavy atom. The van der Waals surface area contributed by atoms with Crippen LogP contribution < -0.4 is 0 Å². The Balaban J connectivity index is 2.15. The molecule has 1 fully saturated rings. The van der Waals surface area contributed by atoms with E-state index in [1.54, 1.807) is 0 Å². The molecule has 1 saturated heterocycles. The summed E-state index contributed by atoms with van der Waals surface area (Å²) in [6, 6.07) is 0.463. The molecule has 0 saturated carbocycles. The molecule has 2 aromatic heterocycles. The summed E-state index contributed by atoms with van der Waals surface area (Å²) in [5.41, 5.74) is 0.354. The van der Waals surface area contributed by atoms with E-state index in [-0.39, 0.29) is 21.8 Å². The molecule has 7 nitrogen and oxygen atoms in total. The number of aliphatic carboxylic acids is 1. The summed E-state index contributed by atoms with van der Waals surface area (Å²) in [5, 5.41) is 9.70. The molecule has 112 valence electrons. The first-order valence-electron chi connectivity index (χ1n) is 6.29. The van der Waals surface area contributed by atoms with Gasteiger partial charge in [0.25, 0.3) is 0 Å². The maximum Gasteiger partial charge on any atom is 0.322 e. The highest BCUT2D eigenvalue weighted by Gasteiger charge is 2.40. The number of fused-ring (bicyclic) bond motifs is 1. The van der Waals surface area contributed by atoms with Crippen molar-refractivity contribution < 1.29 is 18.3 Å². The van der Waals surface area contributed by atoms with Gasteiger partial charge in [-0.2, -0.15) is 4.31 Å². The molecule has 3 rings (SSSR count). The highest BCUT2D eigenvalue weighted by Crippen LogP contribution is 2.33. The van der Waals surface area contributed by atoms with Crippen LogP contribution in [0.1, 0.15) is 12.8 Å². The van der Waals surface area contributed by atoms with Crippen molar-refractivity contribution in [1.29, 1.82) is 0 Å². The molecule has 9 heteroatoms. The quantitative estimate of drug-likeness (QED) is 0.887. The number of carboxylic acid groups (broad SMARTS) is 1. The Kier molecular flexibility index (Phi) is 3.39. The summed E-state index contributed by atoms with van der Waals surface area (Å²) in [7, 11) is -3.94. The fourth-order valence-corrected chi connectivity index (χ4v) is 4.72. The monoisotopic (exact) mass is 329 g/mol. The summed E-state index contributed by atoms with van der Waals surface area (Å²) in [6.07, 6.45) is 3.59. The number of aromatic amines is 1. The van der Waals surface area contributed by atoms with Crippen LogP contribution in [0.25, 0.3) is 11.0 Å². The van der Waals surface area contributed by atoms with Gasteiger partial charge in [-0.15, -0.1) is 0 Å². The number of hydrogen-bond acceptors (Lipinski definition) is 4. The van der Waals surface area contributed by atoms with Crippen LogP contribution in [0, 0.1) is 0 Å². The molecule has 1 atom stereocenters. The first-order chi connectivity index (χ1) is 9.93. The molecule has 0 unspecified atom stereocenters. The number of sulfonamides is 1. The third-order valence-corrected chi connectivity index (χ3v) is 5.81. The lowest BCUT2D eigenvalue weighted by atomic mass is 10.2. The van der Waals surface area contributed by atoms with E-state index >= 15 is 0 Å². The third kappa shape index (κ3) is 2.19. The summed E-state index contributed by atoms with van der Waals surface area (Å²) in [6.45, 7) is 0.184. The van der Waals surface area contributed by atoms with E-state index in [9.17, 15) is 13.2 Å². The van der Waals surface area contributed by atoms with E-state index in [0.717, 1.165) is 4.31 Å². The van der Waals surface area contributed by atoms with Gasteiger partial charge in [-0.25, -0.2) is 13.4 Å². The van der Waals surface area contributed by atoms with Gasteiger partial charge in [-0.1, -0.05) is 11.6 Å². The van der Waals surface area contributed by atoms with Gasteiger partial charge in [0.1, 0.15) is 16.6 Å². The zero-order valence-electron chi connectivity index (χ0n) is 10.8. The van der Waals surface area contributed by atoms with Gasteiger partial charge in [-0.3, -0.25) is 4.79 Å². The van der Waals surface area contributed by atoms with Crippen LogP contribution in [-0.4, -0.2) is 46.4 Å². The van der Waals surface area contributed by atoms with Crippen LogP contribution in [0.3, 0.4) is 0 Å². The number of pyridine rings is 1. The molecule has 0 radical (unpaired) electrons. The Morgan fingerprint density at radius 3 is 3.00 bits per heavy atom. The summed E-state index contributed by atoms with van der Waals surface area (Å²) >= 11 is 6.06. The van der Waals surface area contributed by atoms with Crippen LogP contribution in [0.15, 0.2) is 23.4 Å². The number of nitrogens with one attached hydrogen (secondary N) is 1. The lowest BCUT2D eigenvalue weighted by Crippen LogP contribution is -2.40. The number of carboxylic acids is 1. The normalized spacial score (nSPS) is 20.1. The zero-order chi connectivity index (χ0) is 15.2. The topological polar surface area (TPSA) is 103 Å². The highest BCUT2D eigenvalue weighted by molar-refractivity contribution is 7.89. The standard InChI is InChI=1S/C12H12ClN3O4S/c13-7-3-4-14-11-10(7)9(6-15-11)21(19,20)16-5-1-2-8(16)12(17)18/h3-4,6,8H,1-2,5H2,(H,14,15)(H,17,18)/t8-/m0/s1. The molecular weight excluding hydrogens is 318 g/mol. The van der Waals surface area contributed by atoms with E-state index in [1.807, 2.05) is 0 Å². The molecule has 2 N–H and O–H groups in total. The molecule has 1 aliphatic heterocycles. The molecule has 21 heavy (non-hydrogen) atoms. The van der Waals surface area contributed by atoms with E-state index in [4.69, 9.17) is 16.7 Å². The first kappa shape index (κ1) is 14.3. The van der Waals surface area contributed by atoms with Gasteiger partial charge in [0, 0.05) is 18.9 Å². The van der Waals surface area contributed by atoms with Gasteiger partial charge in [0.2, 0.25) is 10.0 Å². The SMILES string of the molecule is O=C(O)[C@@H]1CCCN1S(=O)(=O)c1c[nH]c2nccc(Cl)c12. The zero-order valence-corrected chi connectivity index (χ0v) is 12.4. The van der Waals surface area contributed by atoms with Crippen molar-refractivity contribution in [3.05, 3.63) is 23.5 Å².